The van der Waals surface area contributed by atoms with Crippen LogP contribution in [0.4, 0.5) is 5.69 Å². The molecule has 2 amide bonds. The molecule has 228 valence electrons. The number of nitrogens with one attached hydrogen (secondary N) is 2. The van der Waals surface area contributed by atoms with Crippen molar-refractivity contribution >= 4 is 40.1 Å². The highest BCUT2D eigenvalue weighted by Crippen LogP contribution is 2.33. The molecule has 0 unspecified atom stereocenters. The number of methoxy groups -OCH3 is 1. The van der Waals surface area contributed by atoms with Crippen LogP contribution < -0.4 is 5.32 Å². The number of rotatable bonds is 8. The van der Waals surface area contributed by atoms with Gasteiger partial charge in [-0.1, -0.05) is 30.3 Å². The van der Waals surface area contributed by atoms with Crippen molar-refractivity contribution in [2.75, 3.05) is 46.4 Å². The summed E-state index contributed by atoms with van der Waals surface area (Å²) in [6.07, 6.45) is 0.922. The molecule has 3 N–H and O–H groups in total. The summed E-state index contributed by atoms with van der Waals surface area (Å²) in [6, 6.07) is 20.0. The molecule has 1 aromatic heterocycles. The zero-order chi connectivity index (χ0) is 31.2. The van der Waals surface area contributed by atoms with Crippen molar-refractivity contribution in [1.82, 2.24) is 20.1 Å². The van der Waals surface area contributed by atoms with E-state index in [4.69, 9.17) is 9.73 Å². The second-order valence-corrected chi connectivity index (χ2v) is 10.9. The first-order chi connectivity index (χ1) is 21.2. The van der Waals surface area contributed by atoms with E-state index in [0.717, 1.165) is 38.2 Å². The maximum Gasteiger partial charge on any atom is 0.338 e. The number of aliphatic imine (C=N–C) groups is 1. The number of H-pyrrole nitrogens is 1. The second kappa shape index (κ2) is 13.6. The van der Waals surface area contributed by atoms with E-state index in [2.05, 4.69) is 15.2 Å². The predicted octanol–water partition coefficient (Wildman–Crippen LogP) is 4.42. The molecule has 10 heteroatoms. The molecule has 44 heavy (non-hydrogen) atoms. The maximum absolute atomic E-state index is 12.9. The first-order valence-corrected chi connectivity index (χ1v) is 14.7. The van der Waals surface area contributed by atoms with E-state index in [9.17, 15) is 19.5 Å². The molecule has 0 saturated carbocycles. The number of esters is 1. The van der Waals surface area contributed by atoms with Gasteiger partial charge in [-0.15, -0.1) is 0 Å². The monoisotopic (exact) mass is 595 g/mol. The van der Waals surface area contributed by atoms with Crippen LogP contribution in [-0.4, -0.2) is 89.8 Å². The number of fused-ring (bicyclic) bond motifs is 1. The van der Waals surface area contributed by atoms with Gasteiger partial charge in [0, 0.05) is 61.7 Å². The summed E-state index contributed by atoms with van der Waals surface area (Å²) in [5.74, 6) is -0.593. The van der Waals surface area contributed by atoms with Gasteiger partial charge < -0.3 is 25.0 Å². The Bertz CT molecular complexity index is 1690. The van der Waals surface area contributed by atoms with Crippen molar-refractivity contribution in [3.63, 3.8) is 0 Å². The van der Waals surface area contributed by atoms with Crippen LogP contribution >= 0.6 is 0 Å². The summed E-state index contributed by atoms with van der Waals surface area (Å²) < 4.78 is 4.91. The minimum absolute atomic E-state index is 0.0709. The molecule has 0 spiro atoms. The fraction of sp³-hybridized carbons (Fsp3) is 0.294. The molecule has 0 aliphatic carbocycles. The molecule has 1 saturated heterocycles. The number of amides is 2. The predicted molar refractivity (Wildman–Crippen MR) is 170 cm³/mol. The molecule has 4 aromatic rings. The second-order valence-electron chi connectivity index (χ2n) is 10.9. The number of hydrogen-bond acceptors (Lipinski definition) is 7. The number of carbonyl (C=O) groups excluding carboxylic acids is 3. The number of carbonyl (C=O) groups is 3. The van der Waals surface area contributed by atoms with Crippen LogP contribution in [0.1, 0.15) is 50.8 Å². The Morgan fingerprint density at radius 1 is 0.977 bits per heavy atom. The van der Waals surface area contributed by atoms with Crippen molar-refractivity contribution in [3.05, 3.63) is 94.5 Å². The van der Waals surface area contributed by atoms with Gasteiger partial charge in [0.25, 0.3) is 5.91 Å². The van der Waals surface area contributed by atoms with Crippen LogP contribution in [-0.2, 0) is 9.53 Å². The first kappa shape index (κ1) is 30.5. The molecular weight excluding hydrogens is 558 g/mol. The molecule has 0 radical (unpaired) electrons. The highest BCUT2D eigenvalue weighted by molar-refractivity contribution is 6.22. The van der Waals surface area contributed by atoms with Gasteiger partial charge in [-0.25, -0.2) is 9.79 Å². The molecule has 1 aliphatic rings. The number of aromatic nitrogens is 1. The zero-order valence-electron chi connectivity index (χ0n) is 25.2. The SMILES string of the molecule is COC(=O)c1cc2[nH]c(O)c(C(=Nc3ccc(C(=O)NCCN4CCCN(C(C)=O)CC4)cc3)c3ccccc3)c2cc1C. The number of aromatic amines is 1. The minimum atomic E-state index is -0.455. The quantitative estimate of drug-likeness (QED) is 0.204. The summed E-state index contributed by atoms with van der Waals surface area (Å²) in [4.78, 5) is 48.8. The van der Waals surface area contributed by atoms with Gasteiger partial charge in [-0.05, 0) is 61.9 Å². The largest absolute Gasteiger partial charge is 0.494 e. The van der Waals surface area contributed by atoms with E-state index in [-0.39, 0.29) is 17.7 Å². The van der Waals surface area contributed by atoms with E-state index in [0.29, 0.717) is 57.6 Å². The number of hydrogen-bond donors (Lipinski definition) is 3. The van der Waals surface area contributed by atoms with E-state index in [1.807, 2.05) is 48.2 Å². The Balaban J connectivity index is 1.35. The number of nitrogens with zero attached hydrogens (tertiary/aromatic N) is 3. The van der Waals surface area contributed by atoms with Gasteiger partial charge in [0.15, 0.2) is 5.88 Å². The number of benzene rings is 3. The van der Waals surface area contributed by atoms with Crippen LogP contribution in [0, 0.1) is 6.92 Å². The smallest absolute Gasteiger partial charge is 0.338 e. The fourth-order valence-corrected chi connectivity index (χ4v) is 5.52. The van der Waals surface area contributed by atoms with Gasteiger partial charge in [0.2, 0.25) is 5.91 Å². The lowest BCUT2D eigenvalue weighted by Crippen LogP contribution is -2.37. The number of aryl methyl sites for hydroxylation is 1. The van der Waals surface area contributed by atoms with Gasteiger partial charge >= 0.3 is 5.97 Å². The molecule has 3 aromatic carbocycles. The van der Waals surface area contributed by atoms with Crippen molar-refractivity contribution in [2.24, 2.45) is 4.99 Å². The molecule has 10 nitrogen and oxygen atoms in total. The van der Waals surface area contributed by atoms with Crippen LogP contribution in [0.3, 0.4) is 0 Å². The van der Waals surface area contributed by atoms with E-state index in [1.165, 1.54) is 7.11 Å². The Labute approximate surface area is 256 Å². The Hall–Kier alpha value is -4.96. The highest BCUT2D eigenvalue weighted by atomic mass is 16.5. The molecule has 1 aliphatic heterocycles. The van der Waals surface area contributed by atoms with E-state index >= 15 is 0 Å². The van der Waals surface area contributed by atoms with Crippen LogP contribution in [0.25, 0.3) is 10.9 Å². The molecule has 5 rings (SSSR count). The lowest BCUT2D eigenvalue weighted by Gasteiger charge is -2.21. The van der Waals surface area contributed by atoms with Gasteiger partial charge in [0.1, 0.15) is 0 Å². The number of aromatic hydroxyl groups is 1. The topological polar surface area (TPSA) is 127 Å². The van der Waals surface area contributed by atoms with Crippen LogP contribution in [0.5, 0.6) is 5.88 Å². The van der Waals surface area contributed by atoms with Crippen molar-refractivity contribution in [1.29, 1.82) is 0 Å². The van der Waals surface area contributed by atoms with Crippen LogP contribution in [0.15, 0.2) is 71.7 Å². The zero-order valence-corrected chi connectivity index (χ0v) is 25.2. The third kappa shape index (κ3) is 6.81. The minimum Gasteiger partial charge on any atom is -0.494 e. The normalized spacial score (nSPS) is 14.3. The average molecular weight is 596 g/mol. The maximum atomic E-state index is 12.9. The van der Waals surface area contributed by atoms with Crippen molar-refractivity contribution in [2.45, 2.75) is 20.3 Å². The van der Waals surface area contributed by atoms with Crippen LogP contribution in [0.2, 0.25) is 0 Å². The molecular formula is C34H37N5O5. The fourth-order valence-electron chi connectivity index (χ4n) is 5.52. The highest BCUT2D eigenvalue weighted by Gasteiger charge is 2.22. The third-order valence-electron chi connectivity index (χ3n) is 7.93. The summed E-state index contributed by atoms with van der Waals surface area (Å²) in [5, 5.41) is 14.7. The Kier molecular flexibility index (Phi) is 9.40. The summed E-state index contributed by atoms with van der Waals surface area (Å²) in [5.41, 5.74) is 4.66. The third-order valence-corrected chi connectivity index (χ3v) is 7.93. The van der Waals surface area contributed by atoms with Gasteiger partial charge in [-0.2, -0.15) is 0 Å². The first-order valence-electron chi connectivity index (χ1n) is 14.7. The standard InChI is InChI=1S/C34H37N5O5/c1-22-20-28-29(21-27(22)34(43)44-3)37-33(42)30(28)31(24-8-5-4-6-9-24)36-26-12-10-25(11-13-26)32(41)35-14-17-38-15-7-16-39(19-18-38)23(2)40/h4-6,8-13,20-21,37,42H,7,14-19H2,1-3H3,(H,35,41). The molecule has 0 atom stereocenters. The summed E-state index contributed by atoms with van der Waals surface area (Å²) >= 11 is 0. The van der Waals surface area contributed by atoms with E-state index < -0.39 is 5.97 Å². The Morgan fingerprint density at radius 2 is 1.73 bits per heavy atom. The molecule has 0 bridgehead atoms. The number of ether oxygens (including phenoxy) is 1. The Morgan fingerprint density at radius 3 is 2.43 bits per heavy atom. The van der Waals surface area contributed by atoms with Gasteiger partial charge in [-0.3, -0.25) is 14.5 Å². The van der Waals surface area contributed by atoms with E-state index in [1.54, 1.807) is 37.3 Å². The van der Waals surface area contributed by atoms with Crippen molar-refractivity contribution in [3.8, 4) is 5.88 Å². The van der Waals surface area contributed by atoms with Crippen molar-refractivity contribution < 1.29 is 24.2 Å². The molecule has 1 fully saturated rings. The lowest BCUT2D eigenvalue weighted by atomic mass is 9.98. The molecule has 2 heterocycles. The van der Waals surface area contributed by atoms with Gasteiger partial charge in [0.05, 0.1) is 29.6 Å². The summed E-state index contributed by atoms with van der Waals surface area (Å²) in [7, 11) is 1.33. The lowest BCUT2D eigenvalue weighted by molar-refractivity contribution is -0.128. The average Bonchev–Trinajstić information content (AvgIpc) is 3.17. The summed E-state index contributed by atoms with van der Waals surface area (Å²) in [6.45, 7) is 7.82.